The number of methoxy groups -OCH3 is 2. The van der Waals surface area contributed by atoms with E-state index in [0.717, 1.165) is 27.6 Å². The molecule has 4 aromatic rings. The number of aromatic nitrogens is 1. The van der Waals surface area contributed by atoms with E-state index in [9.17, 15) is 9.59 Å². The lowest BCUT2D eigenvalue weighted by molar-refractivity contribution is -0.139. The average molecular weight is 529 g/mol. The molecule has 1 aromatic heterocycles. The molecule has 8 heteroatoms. The van der Waals surface area contributed by atoms with Crippen LogP contribution in [-0.4, -0.2) is 31.4 Å². The third kappa shape index (κ3) is 4.31. The van der Waals surface area contributed by atoms with E-state index in [1.54, 1.807) is 32.6 Å². The Kier molecular flexibility index (Phi) is 6.91. The van der Waals surface area contributed by atoms with Crippen LogP contribution in [0.25, 0.3) is 16.8 Å². The molecule has 0 radical (unpaired) electrons. The summed E-state index contributed by atoms with van der Waals surface area (Å²) in [7, 11) is 3.21. The van der Waals surface area contributed by atoms with Crippen LogP contribution in [0.1, 0.15) is 36.6 Å². The van der Waals surface area contributed by atoms with Gasteiger partial charge >= 0.3 is 5.97 Å². The minimum absolute atomic E-state index is 0.203. The molecule has 0 fully saturated rings. The first-order chi connectivity index (χ1) is 18.4. The van der Waals surface area contributed by atoms with Crippen molar-refractivity contribution >= 4 is 34.2 Å². The van der Waals surface area contributed by atoms with Gasteiger partial charge in [0.05, 0.1) is 36.6 Å². The SMILES string of the molecule is CCOC(=O)C1=C(C)N=c2s/c(=C\c3ccc(C)c(OC)c3)c(=O)n2[C@@H]1c1c(OC)ccc2ccccc12. The Bertz CT molecular complexity index is 1780. The zero-order valence-corrected chi connectivity index (χ0v) is 22.7. The van der Waals surface area contributed by atoms with Gasteiger partial charge in [0.15, 0.2) is 4.80 Å². The van der Waals surface area contributed by atoms with Gasteiger partial charge in [-0.1, -0.05) is 53.8 Å². The molecule has 1 aliphatic heterocycles. The highest BCUT2D eigenvalue weighted by Crippen LogP contribution is 2.40. The Morgan fingerprint density at radius 1 is 1.05 bits per heavy atom. The number of rotatable bonds is 6. The van der Waals surface area contributed by atoms with Crippen LogP contribution in [0.4, 0.5) is 0 Å². The van der Waals surface area contributed by atoms with Crippen LogP contribution >= 0.6 is 11.3 Å². The lowest BCUT2D eigenvalue weighted by Gasteiger charge is -2.27. The fourth-order valence-electron chi connectivity index (χ4n) is 4.88. The maximum absolute atomic E-state index is 14.0. The highest BCUT2D eigenvalue weighted by atomic mass is 32.1. The van der Waals surface area contributed by atoms with Gasteiger partial charge < -0.3 is 14.2 Å². The monoisotopic (exact) mass is 528 g/mol. The van der Waals surface area contributed by atoms with E-state index in [-0.39, 0.29) is 12.2 Å². The Hall–Kier alpha value is -4.17. The van der Waals surface area contributed by atoms with Crippen LogP contribution in [-0.2, 0) is 9.53 Å². The van der Waals surface area contributed by atoms with Crippen LogP contribution in [0.15, 0.2) is 75.7 Å². The number of nitrogens with zero attached hydrogens (tertiary/aromatic N) is 2. The summed E-state index contributed by atoms with van der Waals surface area (Å²) in [4.78, 5) is 32.6. The zero-order chi connectivity index (χ0) is 27.0. The molecule has 3 aromatic carbocycles. The lowest BCUT2D eigenvalue weighted by atomic mass is 9.90. The number of allylic oxidation sites excluding steroid dienone is 1. The minimum atomic E-state index is -0.777. The summed E-state index contributed by atoms with van der Waals surface area (Å²) < 4.78 is 18.8. The van der Waals surface area contributed by atoms with Crippen molar-refractivity contribution in [3.05, 3.63) is 102 Å². The van der Waals surface area contributed by atoms with Crippen LogP contribution in [0.2, 0.25) is 0 Å². The largest absolute Gasteiger partial charge is 0.496 e. The molecule has 0 saturated heterocycles. The molecule has 0 unspecified atom stereocenters. The molecule has 0 bridgehead atoms. The Labute approximate surface area is 223 Å². The summed E-state index contributed by atoms with van der Waals surface area (Å²) in [6, 6.07) is 16.7. The number of benzene rings is 3. The smallest absolute Gasteiger partial charge is 0.338 e. The van der Waals surface area contributed by atoms with E-state index < -0.39 is 12.0 Å². The van der Waals surface area contributed by atoms with E-state index in [2.05, 4.69) is 4.99 Å². The van der Waals surface area contributed by atoms with Gasteiger partial charge in [0.25, 0.3) is 5.56 Å². The van der Waals surface area contributed by atoms with Gasteiger partial charge in [-0.2, -0.15) is 0 Å². The van der Waals surface area contributed by atoms with Crippen molar-refractivity contribution in [2.45, 2.75) is 26.8 Å². The summed E-state index contributed by atoms with van der Waals surface area (Å²) in [5.41, 5.74) is 3.13. The van der Waals surface area contributed by atoms with Crippen LogP contribution in [0.5, 0.6) is 11.5 Å². The van der Waals surface area contributed by atoms with Crippen LogP contribution < -0.4 is 24.4 Å². The number of ether oxygens (including phenoxy) is 3. The highest BCUT2D eigenvalue weighted by molar-refractivity contribution is 7.07. The van der Waals surface area contributed by atoms with Crippen LogP contribution in [0.3, 0.4) is 0 Å². The van der Waals surface area contributed by atoms with Gasteiger partial charge in [-0.15, -0.1) is 0 Å². The Morgan fingerprint density at radius 2 is 1.82 bits per heavy atom. The summed E-state index contributed by atoms with van der Waals surface area (Å²) in [6.07, 6.45) is 1.83. The molecule has 0 aliphatic carbocycles. The number of carbonyl (C=O) groups excluding carboxylic acids is 1. The molecule has 5 rings (SSSR count). The predicted octanol–water partition coefficient (Wildman–Crippen LogP) is 4.28. The predicted molar refractivity (Wildman–Crippen MR) is 149 cm³/mol. The lowest BCUT2D eigenvalue weighted by Crippen LogP contribution is -2.40. The number of thiazole rings is 1. The Balaban J connectivity index is 1.83. The van der Waals surface area contributed by atoms with Crippen molar-refractivity contribution in [2.24, 2.45) is 4.99 Å². The molecule has 0 amide bonds. The van der Waals surface area contributed by atoms with E-state index in [4.69, 9.17) is 14.2 Å². The zero-order valence-electron chi connectivity index (χ0n) is 21.9. The second-order valence-electron chi connectivity index (χ2n) is 8.93. The standard InChI is InChI=1S/C30H28N2O5S/c1-6-37-29(34)25-18(3)31-30-32(27(25)26-21-10-8-7-9-20(21)13-14-22(26)35-4)28(33)24(38-30)16-19-12-11-17(2)23(15-19)36-5/h7-16,27H,6H2,1-5H3/b24-16-/t27-/m0/s1. The van der Waals surface area contributed by atoms with E-state index in [1.165, 1.54) is 11.3 Å². The first-order valence-electron chi connectivity index (χ1n) is 12.3. The molecule has 7 nitrogen and oxygen atoms in total. The average Bonchev–Trinajstić information content (AvgIpc) is 3.22. The summed E-state index contributed by atoms with van der Waals surface area (Å²) in [5.74, 6) is 0.805. The number of hydrogen-bond donors (Lipinski definition) is 0. The van der Waals surface area contributed by atoms with Gasteiger partial charge in [0.1, 0.15) is 17.5 Å². The molecule has 38 heavy (non-hydrogen) atoms. The van der Waals surface area contributed by atoms with Crippen molar-refractivity contribution in [3.63, 3.8) is 0 Å². The fourth-order valence-corrected chi connectivity index (χ4v) is 5.92. The molecule has 0 saturated carbocycles. The van der Waals surface area contributed by atoms with Gasteiger partial charge in [0, 0.05) is 5.56 Å². The van der Waals surface area contributed by atoms with Gasteiger partial charge in [0.2, 0.25) is 0 Å². The van der Waals surface area contributed by atoms with Gasteiger partial charge in [-0.3, -0.25) is 9.36 Å². The maximum Gasteiger partial charge on any atom is 0.338 e. The highest BCUT2D eigenvalue weighted by Gasteiger charge is 2.36. The van der Waals surface area contributed by atoms with E-state index >= 15 is 0 Å². The van der Waals surface area contributed by atoms with Gasteiger partial charge in [-0.05, 0) is 60.9 Å². The fraction of sp³-hybridized carbons (Fsp3) is 0.233. The molecule has 0 spiro atoms. The van der Waals surface area contributed by atoms with Crippen molar-refractivity contribution in [1.29, 1.82) is 0 Å². The van der Waals surface area contributed by atoms with Crippen LogP contribution in [0, 0.1) is 6.92 Å². The summed E-state index contributed by atoms with van der Waals surface area (Å²) in [5, 5.41) is 1.85. The van der Waals surface area contributed by atoms with Gasteiger partial charge in [-0.25, -0.2) is 9.79 Å². The third-order valence-corrected chi connectivity index (χ3v) is 7.65. The normalized spacial score (nSPS) is 15.3. The topological polar surface area (TPSA) is 79.1 Å². The molecule has 0 N–H and O–H groups in total. The minimum Gasteiger partial charge on any atom is -0.496 e. The third-order valence-electron chi connectivity index (χ3n) is 6.67. The van der Waals surface area contributed by atoms with Crippen molar-refractivity contribution in [2.75, 3.05) is 20.8 Å². The summed E-state index contributed by atoms with van der Waals surface area (Å²) in [6.45, 7) is 5.70. The quantitative estimate of drug-likeness (QED) is 0.349. The number of aryl methyl sites for hydroxylation is 1. The first-order valence-corrected chi connectivity index (χ1v) is 13.1. The summed E-state index contributed by atoms with van der Waals surface area (Å²) >= 11 is 1.28. The van der Waals surface area contributed by atoms with Crippen molar-refractivity contribution in [1.82, 2.24) is 4.57 Å². The molecule has 194 valence electrons. The first kappa shape index (κ1) is 25.5. The molecule has 1 aliphatic rings. The number of esters is 1. The molecular formula is C30H28N2O5S. The number of carbonyl (C=O) groups is 1. The molecule has 1 atom stereocenters. The number of hydrogen-bond acceptors (Lipinski definition) is 7. The maximum atomic E-state index is 14.0. The van der Waals surface area contributed by atoms with E-state index in [1.807, 2.05) is 67.6 Å². The Morgan fingerprint density at radius 3 is 2.55 bits per heavy atom. The van der Waals surface area contributed by atoms with E-state index in [0.29, 0.717) is 31.9 Å². The second-order valence-corrected chi connectivity index (χ2v) is 9.94. The molecular weight excluding hydrogens is 500 g/mol. The number of fused-ring (bicyclic) bond motifs is 2. The molecule has 2 heterocycles. The van der Waals surface area contributed by atoms with Crippen molar-refractivity contribution < 1.29 is 19.0 Å². The van der Waals surface area contributed by atoms with Crippen molar-refractivity contribution in [3.8, 4) is 11.5 Å². The second kappa shape index (κ2) is 10.3.